The summed E-state index contributed by atoms with van der Waals surface area (Å²) in [6.07, 6.45) is 5.56. The van der Waals surface area contributed by atoms with Crippen LogP contribution < -0.4 is 0 Å². The van der Waals surface area contributed by atoms with Crippen LogP contribution in [0.1, 0.15) is 0 Å². The van der Waals surface area contributed by atoms with Crippen molar-refractivity contribution in [2.24, 2.45) is 0 Å². The number of halogens is 2. The van der Waals surface area contributed by atoms with E-state index in [1.807, 2.05) is 18.6 Å². The van der Waals surface area contributed by atoms with E-state index in [2.05, 4.69) is 25.4 Å². The van der Waals surface area contributed by atoms with E-state index in [-0.39, 0.29) is 0 Å². The van der Waals surface area contributed by atoms with Gasteiger partial charge in [0.05, 0.1) is 27.5 Å². The monoisotopic (exact) mass is 383 g/mol. The number of hydrogen-bond acceptors (Lipinski definition) is 6. The van der Waals surface area contributed by atoms with Crippen LogP contribution >= 0.6 is 46.7 Å². The SMILES string of the molecule is CSc1nc(SC)c(-c2cn[nH]n2)c(-c2ccc(Cl)c(Cl)c2)n1. The van der Waals surface area contributed by atoms with Crippen LogP contribution in [0.4, 0.5) is 0 Å². The molecule has 0 aliphatic carbocycles. The number of benzene rings is 1. The Bertz CT molecular complexity index is 839. The van der Waals surface area contributed by atoms with E-state index < -0.39 is 0 Å². The van der Waals surface area contributed by atoms with Gasteiger partial charge in [-0.15, -0.1) is 11.8 Å². The number of aromatic nitrogens is 5. The van der Waals surface area contributed by atoms with Gasteiger partial charge >= 0.3 is 0 Å². The van der Waals surface area contributed by atoms with Gasteiger partial charge in [0.2, 0.25) is 0 Å². The van der Waals surface area contributed by atoms with Gasteiger partial charge in [-0.25, -0.2) is 9.97 Å². The zero-order valence-electron chi connectivity index (χ0n) is 12.2. The second-order valence-corrected chi connectivity index (χ2v) is 6.81. The molecule has 0 aliphatic heterocycles. The molecule has 9 heteroatoms. The normalized spacial score (nSPS) is 11.0. The highest BCUT2D eigenvalue weighted by molar-refractivity contribution is 7.99. The third-order valence-corrected chi connectivity index (χ3v) is 5.06. The molecule has 0 unspecified atom stereocenters. The Balaban J connectivity index is 2.30. The van der Waals surface area contributed by atoms with E-state index in [1.165, 1.54) is 23.5 Å². The van der Waals surface area contributed by atoms with Crippen LogP contribution in [0, 0.1) is 0 Å². The van der Waals surface area contributed by atoms with Gasteiger partial charge in [-0.1, -0.05) is 41.0 Å². The highest BCUT2D eigenvalue weighted by Crippen LogP contribution is 2.38. The summed E-state index contributed by atoms with van der Waals surface area (Å²) in [7, 11) is 0. The van der Waals surface area contributed by atoms with Crippen LogP contribution in [0.25, 0.3) is 22.5 Å². The zero-order valence-corrected chi connectivity index (χ0v) is 15.3. The van der Waals surface area contributed by atoms with Gasteiger partial charge in [0.15, 0.2) is 5.16 Å². The van der Waals surface area contributed by atoms with E-state index in [1.54, 1.807) is 18.3 Å². The lowest BCUT2D eigenvalue weighted by atomic mass is 10.1. The molecule has 3 aromatic rings. The van der Waals surface area contributed by atoms with E-state index in [0.717, 1.165) is 21.8 Å². The van der Waals surface area contributed by atoms with Gasteiger partial charge in [0.25, 0.3) is 0 Å². The maximum atomic E-state index is 6.17. The number of nitrogens with zero attached hydrogens (tertiary/aromatic N) is 4. The topological polar surface area (TPSA) is 67.3 Å². The van der Waals surface area contributed by atoms with Crippen molar-refractivity contribution in [3.05, 3.63) is 34.4 Å². The van der Waals surface area contributed by atoms with Gasteiger partial charge in [0.1, 0.15) is 10.7 Å². The van der Waals surface area contributed by atoms with Gasteiger partial charge in [-0.2, -0.15) is 15.4 Å². The fourth-order valence-electron chi connectivity index (χ4n) is 2.06. The summed E-state index contributed by atoms with van der Waals surface area (Å²) < 4.78 is 0. The molecule has 0 radical (unpaired) electrons. The van der Waals surface area contributed by atoms with Crippen LogP contribution in [0.15, 0.2) is 34.6 Å². The standard InChI is InChI=1S/C14H11Cl2N5S2/c1-22-13-11(10-6-17-21-20-10)12(18-14(19-13)23-2)7-3-4-8(15)9(16)5-7/h3-6H,1-2H3,(H,17,20,21). The van der Waals surface area contributed by atoms with Crippen molar-refractivity contribution in [1.82, 2.24) is 25.4 Å². The first-order chi connectivity index (χ1) is 11.1. The minimum atomic E-state index is 0.477. The summed E-state index contributed by atoms with van der Waals surface area (Å²) >= 11 is 15.2. The molecule has 2 heterocycles. The first-order valence-electron chi connectivity index (χ1n) is 6.45. The molecule has 0 spiro atoms. The van der Waals surface area contributed by atoms with E-state index >= 15 is 0 Å². The van der Waals surface area contributed by atoms with Crippen LogP contribution in [0.2, 0.25) is 10.0 Å². The van der Waals surface area contributed by atoms with Crippen molar-refractivity contribution in [3.63, 3.8) is 0 Å². The Morgan fingerprint density at radius 1 is 1.04 bits per heavy atom. The largest absolute Gasteiger partial charge is 0.222 e. The first-order valence-corrected chi connectivity index (χ1v) is 9.66. The van der Waals surface area contributed by atoms with Crippen molar-refractivity contribution >= 4 is 46.7 Å². The van der Waals surface area contributed by atoms with Crippen molar-refractivity contribution in [2.45, 2.75) is 10.2 Å². The Morgan fingerprint density at radius 2 is 1.87 bits per heavy atom. The average molecular weight is 384 g/mol. The van der Waals surface area contributed by atoms with Gasteiger partial charge in [0, 0.05) is 5.56 Å². The third kappa shape index (κ3) is 3.33. The molecule has 0 atom stereocenters. The molecule has 0 saturated carbocycles. The highest BCUT2D eigenvalue weighted by Gasteiger charge is 2.19. The van der Waals surface area contributed by atoms with Crippen LogP contribution in [0.5, 0.6) is 0 Å². The smallest absolute Gasteiger partial charge is 0.188 e. The second kappa shape index (κ2) is 7.09. The maximum absolute atomic E-state index is 6.17. The second-order valence-electron chi connectivity index (χ2n) is 4.43. The Morgan fingerprint density at radius 3 is 2.48 bits per heavy atom. The number of H-pyrrole nitrogens is 1. The predicted molar refractivity (Wildman–Crippen MR) is 96.4 cm³/mol. The number of aromatic amines is 1. The molecule has 1 aromatic carbocycles. The maximum Gasteiger partial charge on any atom is 0.188 e. The van der Waals surface area contributed by atoms with Crippen LogP contribution in [-0.2, 0) is 0 Å². The summed E-state index contributed by atoms with van der Waals surface area (Å²) in [5.74, 6) is 0. The third-order valence-electron chi connectivity index (χ3n) is 3.10. The number of nitrogens with one attached hydrogen (secondary N) is 1. The van der Waals surface area contributed by atoms with Crippen LogP contribution in [-0.4, -0.2) is 37.9 Å². The molecule has 2 aromatic heterocycles. The Labute approximate surface area is 151 Å². The predicted octanol–water partition coefficient (Wildman–Crippen LogP) is 4.68. The lowest BCUT2D eigenvalue weighted by molar-refractivity contribution is 0.897. The molecular weight excluding hydrogens is 373 g/mol. The van der Waals surface area contributed by atoms with E-state index in [9.17, 15) is 0 Å². The molecule has 5 nitrogen and oxygen atoms in total. The average Bonchev–Trinajstić information content (AvgIpc) is 3.10. The number of thioether (sulfide) groups is 2. The van der Waals surface area contributed by atoms with Crippen molar-refractivity contribution in [2.75, 3.05) is 12.5 Å². The summed E-state index contributed by atoms with van der Waals surface area (Å²) in [4.78, 5) is 9.22. The minimum absolute atomic E-state index is 0.477. The molecule has 23 heavy (non-hydrogen) atoms. The fourth-order valence-corrected chi connectivity index (χ4v) is 3.37. The van der Waals surface area contributed by atoms with Crippen LogP contribution in [0.3, 0.4) is 0 Å². The van der Waals surface area contributed by atoms with Crippen molar-refractivity contribution < 1.29 is 0 Å². The lowest BCUT2D eigenvalue weighted by Crippen LogP contribution is -1.98. The van der Waals surface area contributed by atoms with Gasteiger partial charge in [-0.05, 0) is 24.6 Å². The summed E-state index contributed by atoms with van der Waals surface area (Å²) in [6, 6.07) is 5.43. The Hall–Kier alpha value is -1.28. The van der Waals surface area contributed by atoms with E-state index in [4.69, 9.17) is 23.2 Å². The number of rotatable bonds is 4. The summed E-state index contributed by atoms with van der Waals surface area (Å²) in [5, 5.41) is 13.2. The molecular formula is C14H11Cl2N5S2. The van der Waals surface area contributed by atoms with Crippen molar-refractivity contribution in [1.29, 1.82) is 0 Å². The molecule has 0 saturated heterocycles. The quantitative estimate of drug-likeness (QED) is 0.400. The fraction of sp³-hybridized carbons (Fsp3) is 0.143. The van der Waals surface area contributed by atoms with Gasteiger partial charge < -0.3 is 0 Å². The Kier molecular flexibility index (Phi) is 5.11. The molecule has 3 rings (SSSR count). The molecule has 0 bridgehead atoms. The summed E-state index contributed by atoms with van der Waals surface area (Å²) in [5.41, 5.74) is 3.11. The van der Waals surface area contributed by atoms with Gasteiger partial charge in [-0.3, -0.25) is 0 Å². The summed E-state index contributed by atoms with van der Waals surface area (Å²) in [6.45, 7) is 0. The molecule has 1 N–H and O–H groups in total. The molecule has 0 fully saturated rings. The number of hydrogen-bond donors (Lipinski definition) is 1. The lowest BCUT2D eigenvalue weighted by Gasteiger charge is -2.12. The van der Waals surface area contributed by atoms with E-state index in [0.29, 0.717) is 20.9 Å². The molecule has 118 valence electrons. The zero-order chi connectivity index (χ0) is 16.4. The van der Waals surface area contributed by atoms with Crippen molar-refractivity contribution in [3.8, 4) is 22.5 Å². The minimum Gasteiger partial charge on any atom is -0.222 e. The molecule has 0 amide bonds. The highest BCUT2D eigenvalue weighted by atomic mass is 35.5. The molecule has 0 aliphatic rings. The first kappa shape index (κ1) is 16.6.